The molecule has 2 atom stereocenters. The number of hydrogen-bond acceptors (Lipinski definition) is 2. The molecule has 2 heteroatoms. The van der Waals surface area contributed by atoms with Crippen molar-refractivity contribution in [2.24, 2.45) is 5.92 Å². The molecule has 0 saturated carbocycles. The molecule has 0 radical (unpaired) electrons. The lowest BCUT2D eigenvalue weighted by atomic mass is 10.0. The molecule has 1 N–H and O–H groups in total. The molecule has 80 valence electrons. The molecule has 0 fully saturated rings. The van der Waals surface area contributed by atoms with Crippen LogP contribution in [0.2, 0.25) is 0 Å². The molecule has 13 heavy (non-hydrogen) atoms. The van der Waals surface area contributed by atoms with Crippen LogP contribution in [0.1, 0.15) is 40.5 Å². The zero-order valence-electron chi connectivity index (χ0n) is 9.76. The van der Waals surface area contributed by atoms with Crippen molar-refractivity contribution in [3.63, 3.8) is 0 Å². The second-order valence-electron chi connectivity index (χ2n) is 4.12. The fourth-order valence-corrected chi connectivity index (χ4v) is 2.15. The van der Waals surface area contributed by atoms with E-state index in [1.54, 1.807) is 0 Å². The van der Waals surface area contributed by atoms with Crippen LogP contribution in [0, 0.1) is 5.92 Å². The molecular formula is C11H25NS. The van der Waals surface area contributed by atoms with Gasteiger partial charge in [-0.25, -0.2) is 0 Å². The molecule has 0 aliphatic carbocycles. The van der Waals surface area contributed by atoms with E-state index in [0.29, 0.717) is 6.04 Å². The monoisotopic (exact) mass is 203 g/mol. The average Bonchev–Trinajstić information content (AvgIpc) is 2.11. The van der Waals surface area contributed by atoms with Crippen LogP contribution in [0.25, 0.3) is 0 Å². The Labute approximate surface area is 88.1 Å². The lowest BCUT2D eigenvalue weighted by Crippen LogP contribution is -2.30. The summed E-state index contributed by atoms with van der Waals surface area (Å²) in [4.78, 5) is 0. The second kappa shape index (κ2) is 7.69. The minimum absolute atomic E-state index is 0.697. The van der Waals surface area contributed by atoms with Gasteiger partial charge in [0.2, 0.25) is 0 Å². The number of thioether (sulfide) groups is 1. The maximum atomic E-state index is 3.40. The first kappa shape index (κ1) is 13.3. The summed E-state index contributed by atoms with van der Waals surface area (Å²) in [7, 11) is 2.08. The van der Waals surface area contributed by atoms with E-state index in [2.05, 4.69) is 51.8 Å². The Morgan fingerprint density at radius 2 is 1.85 bits per heavy atom. The molecule has 0 spiro atoms. The van der Waals surface area contributed by atoms with Crippen LogP contribution in [0.5, 0.6) is 0 Å². The Kier molecular flexibility index (Phi) is 7.87. The van der Waals surface area contributed by atoms with Crippen molar-refractivity contribution in [3.8, 4) is 0 Å². The molecule has 0 rings (SSSR count). The Morgan fingerprint density at radius 3 is 2.23 bits per heavy atom. The third-order valence-corrected chi connectivity index (χ3v) is 3.68. The minimum atomic E-state index is 0.697. The van der Waals surface area contributed by atoms with E-state index in [4.69, 9.17) is 0 Å². The van der Waals surface area contributed by atoms with E-state index < -0.39 is 0 Å². The van der Waals surface area contributed by atoms with Crippen molar-refractivity contribution >= 4 is 11.8 Å². The summed E-state index contributed by atoms with van der Waals surface area (Å²) in [5.74, 6) is 2.10. The number of nitrogens with one attached hydrogen (secondary N) is 1. The summed E-state index contributed by atoms with van der Waals surface area (Å²) in [6, 6.07) is 0.697. The Balaban J connectivity index is 3.62. The lowest BCUT2D eigenvalue weighted by molar-refractivity contribution is 0.436. The quantitative estimate of drug-likeness (QED) is 0.682. The van der Waals surface area contributed by atoms with Crippen molar-refractivity contribution < 1.29 is 0 Å². The van der Waals surface area contributed by atoms with Crippen molar-refractivity contribution in [2.75, 3.05) is 12.8 Å². The molecule has 0 aliphatic heterocycles. The van der Waals surface area contributed by atoms with Gasteiger partial charge in [0, 0.05) is 11.8 Å². The molecule has 0 aromatic heterocycles. The minimum Gasteiger partial charge on any atom is -0.316 e. The smallest absolute Gasteiger partial charge is 0.0157 e. The SMILES string of the molecule is CCC(C)CC(CSC(C)C)NC. The van der Waals surface area contributed by atoms with Crippen molar-refractivity contribution in [1.29, 1.82) is 0 Å². The average molecular weight is 203 g/mol. The summed E-state index contributed by atoms with van der Waals surface area (Å²) in [6.45, 7) is 9.14. The predicted octanol–water partition coefficient (Wildman–Crippen LogP) is 3.15. The third-order valence-electron chi connectivity index (χ3n) is 2.42. The van der Waals surface area contributed by atoms with Gasteiger partial charge in [-0.2, -0.15) is 11.8 Å². The molecule has 0 aromatic rings. The normalized spacial score (nSPS) is 16.2. The molecule has 0 heterocycles. The van der Waals surface area contributed by atoms with Gasteiger partial charge in [0.25, 0.3) is 0 Å². The highest BCUT2D eigenvalue weighted by Gasteiger charge is 2.10. The van der Waals surface area contributed by atoms with Gasteiger partial charge >= 0.3 is 0 Å². The second-order valence-corrected chi connectivity index (χ2v) is 5.73. The fraction of sp³-hybridized carbons (Fsp3) is 1.00. The topological polar surface area (TPSA) is 12.0 Å². The van der Waals surface area contributed by atoms with Crippen LogP contribution in [0.4, 0.5) is 0 Å². The van der Waals surface area contributed by atoms with Crippen LogP contribution in [-0.4, -0.2) is 24.1 Å². The zero-order valence-corrected chi connectivity index (χ0v) is 10.6. The van der Waals surface area contributed by atoms with E-state index in [1.807, 2.05) is 0 Å². The van der Waals surface area contributed by atoms with Gasteiger partial charge < -0.3 is 5.32 Å². The molecule has 0 saturated heterocycles. The zero-order chi connectivity index (χ0) is 10.3. The first-order valence-electron chi connectivity index (χ1n) is 5.39. The van der Waals surface area contributed by atoms with Gasteiger partial charge in [-0.15, -0.1) is 0 Å². The van der Waals surface area contributed by atoms with Crippen molar-refractivity contribution in [3.05, 3.63) is 0 Å². The van der Waals surface area contributed by atoms with Gasteiger partial charge in [0.05, 0.1) is 0 Å². The largest absolute Gasteiger partial charge is 0.316 e. The van der Waals surface area contributed by atoms with Gasteiger partial charge in [0.15, 0.2) is 0 Å². The van der Waals surface area contributed by atoms with E-state index in [0.717, 1.165) is 11.2 Å². The fourth-order valence-electron chi connectivity index (χ4n) is 1.23. The van der Waals surface area contributed by atoms with Crippen molar-refractivity contribution in [1.82, 2.24) is 5.32 Å². The first-order chi connectivity index (χ1) is 6.10. The molecule has 0 aliphatic rings. The Hall–Kier alpha value is 0.310. The standard InChI is InChI=1S/C11H25NS/c1-6-10(4)7-11(12-5)8-13-9(2)3/h9-12H,6-8H2,1-5H3. The van der Waals surface area contributed by atoms with Crippen LogP contribution in [0.3, 0.4) is 0 Å². The van der Waals surface area contributed by atoms with E-state index in [-0.39, 0.29) is 0 Å². The van der Waals surface area contributed by atoms with Gasteiger partial charge in [-0.3, -0.25) is 0 Å². The highest BCUT2D eigenvalue weighted by Crippen LogP contribution is 2.16. The van der Waals surface area contributed by atoms with E-state index in [1.165, 1.54) is 18.6 Å². The summed E-state index contributed by atoms with van der Waals surface area (Å²) < 4.78 is 0. The lowest BCUT2D eigenvalue weighted by Gasteiger charge is -2.20. The van der Waals surface area contributed by atoms with Crippen LogP contribution in [-0.2, 0) is 0 Å². The maximum absolute atomic E-state index is 3.40. The Morgan fingerprint density at radius 1 is 1.23 bits per heavy atom. The molecule has 0 bridgehead atoms. The van der Waals surface area contributed by atoms with Gasteiger partial charge in [-0.1, -0.05) is 34.1 Å². The van der Waals surface area contributed by atoms with Crippen molar-refractivity contribution in [2.45, 2.75) is 51.8 Å². The number of hydrogen-bond donors (Lipinski definition) is 1. The first-order valence-corrected chi connectivity index (χ1v) is 6.43. The third kappa shape index (κ3) is 7.39. The van der Waals surface area contributed by atoms with E-state index in [9.17, 15) is 0 Å². The maximum Gasteiger partial charge on any atom is 0.0157 e. The summed E-state index contributed by atoms with van der Waals surface area (Å²) in [5.41, 5.74) is 0. The molecular weight excluding hydrogens is 178 g/mol. The van der Waals surface area contributed by atoms with E-state index >= 15 is 0 Å². The van der Waals surface area contributed by atoms with Crippen LogP contribution >= 0.6 is 11.8 Å². The van der Waals surface area contributed by atoms with Gasteiger partial charge in [-0.05, 0) is 24.6 Å². The number of rotatable bonds is 7. The molecule has 2 unspecified atom stereocenters. The predicted molar refractivity (Wildman–Crippen MR) is 64.5 cm³/mol. The molecule has 1 nitrogen and oxygen atoms in total. The summed E-state index contributed by atoms with van der Waals surface area (Å²) in [6.07, 6.45) is 2.61. The molecule has 0 amide bonds. The highest BCUT2D eigenvalue weighted by molar-refractivity contribution is 7.99. The summed E-state index contributed by atoms with van der Waals surface area (Å²) in [5, 5.41) is 4.16. The highest BCUT2D eigenvalue weighted by atomic mass is 32.2. The Bertz CT molecular complexity index is 115. The summed E-state index contributed by atoms with van der Waals surface area (Å²) >= 11 is 2.05. The van der Waals surface area contributed by atoms with Crippen LogP contribution in [0.15, 0.2) is 0 Å². The van der Waals surface area contributed by atoms with Gasteiger partial charge in [0.1, 0.15) is 0 Å². The van der Waals surface area contributed by atoms with Crippen LogP contribution < -0.4 is 5.32 Å². The molecule has 0 aromatic carbocycles.